The van der Waals surface area contributed by atoms with Crippen LogP contribution in [-0.4, -0.2) is 20.1 Å². The Labute approximate surface area is 149 Å². The van der Waals surface area contributed by atoms with Crippen molar-refractivity contribution in [3.05, 3.63) is 69.8 Å². The lowest BCUT2D eigenvalue weighted by molar-refractivity contribution is -0.385. The summed E-state index contributed by atoms with van der Waals surface area (Å²) >= 11 is 1.35. The van der Waals surface area contributed by atoms with Crippen LogP contribution in [0.3, 0.4) is 0 Å². The van der Waals surface area contributed by atoms with Crippen LogP contribution < -0.4 is 5.73 Å². The van der Waals surface area contributed by atoms with Crippen LogP contribution in [-0.2, 0) is 0 Å². The van der Waals surface area contributed by atoms with Gasteiger partial charge in [0.2, 0.25) is 0 Å². The van der Waals surface area contributed by atoms with Crippen molar-refractivity contribution in [3.63, 3.8) is 0 Å². The lowest BCUT2D eigenvalue weighted by Crippen LogP contribution is -2.14. The average Bonchev–Trinajstić information content (AvgIpc) is 2.61. The maximum Gasteiger partial charge on any atom is 0.278 e. The van der Waals surface area contributed by atoms with Crippen LogP contribution in [0.2, 0.25) is 0 Å². The summed E-state index contributed by atoms with van der Waals surface area (Å²) in [7, 11) is 0. The third-order valence-electron chi connectivity index (χ3n) is 3.74. The number of thioether (sulfide) groups is 1. The Bertz CT molecular complexity index is 862. The number of nitro benzene ring substituents is 1. The predicted molar refractivity (Wildman–Crippen MR) is 99.1 cm³/mol. The second kappa shape index (κ2) is 7.02. The average molecular weight is 355 g/mol. The molecule has 1 atom stereocenters. The molecule has 3 rings (SSSR count). The molecule has 1 aromatic carbocycles. The molecule has 2 N–H and O–H groups in total. The number of benzene rings is 1. The van der Waals surface area contributed by atoms with Gasteiger partial charge in [-0.2, -0.15) is 0 Å². The fourth-order valence-corrected chi connectivity index (χ4v) is 3.28. The van der Waals surface area contributed by atoms with E-state index in [0.717, 1.165) is 11.4 Å². The number of aliphatic imine (C=N–C) groups is 1. The molecule has 0 saturated heterocycles. The number of nitrogens with zero attached hydrogens (tertiary/aromatic N) is 4. The van der Waals surface area contributed by atoms with Crippen LogP contribution in [0.5, 0.6) is 0 Å². The summed E-state index contributed by atoms with van der Waals surface area (Å²) in [4.78, 5) is 24.0. The molecule has 0 spiro atoms. The topological polar surface area (TPSA) is 107 Å². The first-order valence-corrected chi connectivity index (χ1v) is 8.62. The number of para-hydroxylation sites is 1. The molecular weight excluding hydrogens is 338 g/mol. The van der Waals surface area contributed by atoms with Crippen molar-refractivity contribution in [2.75, 3.05) is 0 Å². The van der Waals surface area contributed by atoms with E-state index in [1.165, 1.54) is 17.8 Å². The van der Waals surface area contributed by atoms with Crippen LogP contribution in [0.4, 0.5) is 5.69 Å². The molecule has 25 heavy (non-hydrogen) atoms. The van der Waals surface area contributed by atoms with Crippen molar-refractivity contribution >= 4 is 28.3 Å². The van der Waals surface area contributed by atoms with Crippen molar-refractivity contribution in [2.45, 2.75) is 25.0 Å². The van der Waals surface area contributed by atoms with Gasteiger partial charge in [0.25, 0.3) is 5.69 Å². The zero-order valence-corrected chi connectivity index (χ0v) is 14.6. The Kier molecular flexibility index (Phi) is 4.80. The quantitative estimate of drug-likeness (QED) is 0.662. The summed E-state index contributed by atoms with van der Waals surface area (Å²) in [6, 6.07) is 6.49. The number of hydrogen-bond donors (Lipinski definition) is 1. The van der Waals surface area contributed by atoms with Crippen LogP contribution in [0.15, 0.2) is 47.7 Å². The van der Waals surface area contributed by atoms with Gasteiger partial charge in [-0.15, -0.1) is 0 Å². The van der Waals surface area contributed by atoms with E-state index in [0.29, 0.717) is 22.3 Å². The molecule has 7 nitrogen and oxygen atoms in total. The molecule has 0 radical (unpaired) electrons. The first-order chi connectivity index (χ1) is 12.0. The maximum absolute atomic E-state index is 11.3. The van der Waals surface area contributed by atoms with Crippen molar-refractivity contribution < 1.29 is 4.92 Å². The molecule has 1 aromatic heterocycles. The molecule has 0 saturated carbocycles. The van der Waals surface area contributed by atoms with E-state index in [-0.39, 0.29) is 10.9 Å². The Morgan fingerprint density at radius 1 is 1.24 bits per heavy atom. The van der Waals surface area contributed by atoms with Gasteiger partial charge in [-0.25, -0.2) is 4.99 Å². The minimum absolute atomic E-state index is 0.00260. The number of rotatable bonds is 4. The van der Waals surface area contributed by atoms with Gasteiger partial charge < -0.3 is 5.73 Å². The van der Waals surface area contributed by atoms with E-state index in [9.17, 15) is 10.1 Å². The van der Waals surface area contributed by atoms with E-state index in [4.69, 9.17) is 5.73 Å². The monoisotopic (exact) mass is 355 g/mol. The highest BCUT2D eigenvalue weighted by Gasteiger charge is 2.24. The molecule has 128 valence electrons. The Morgan fingerprint density at radius 3 is 2.64 bits per heavy atom. The van der Waals surface area contributed by atoms with E-state index in [2.05, 4.69) is 28.8 Å². The third-order valence-corrected chi connectivity index (χ3v) is 4.70. The fourth-order valence-electron chi connectivity index (χ4n) is 2.43. The van der Waals surface area contributed by atoms with Gasteiger partial charge in [0.15, 0.2) is 5.17 Å². The molecule has 0 bridgehead atoms. The summed E-state index contributed by atoms with van der Waals surface area (Å²) in [5.41, 5.74) is 8.51. The number of nitro groups is 1. The maximum atomic E-state index is 11.3. The first kappa shape index (κ1) is 17.1. The standard InChI is InChI=1S/C17H17N5O2S/c1-10(2)13-8-20-14(9-19-13)16-7-12(21-17(18)25-16)11-5-3-4-6-15(11)22(23)24/h3-10,16H,1-2H3,(H2,18,21). The van der Waals surface area contributed by atoms with Crippen LogP contribution in [0.25, 0.3) is 5.70 Å². The normalized spacial score (nSPS) is 17.2. The Hall–Kier alpha value is -2.74. The summed E-state index contributed by atoms with van der Waals surface area (Å²) in [6.07, 6.45) is 5.31. The zero-order valence-electron chi connectivity index (χ0n) is 13.8. The molecule has 0 fully saturated rings. The minimum atomic E-state index is -0.421. The highest BCUT2D eigenvalue weighted by molar-refractivity contribution is 8.14. The Morgan fingerprint density at radius 2 is 2.00 bits per heavy atom. The van der Waals surface area contributed by atoms with Gasteiger partial charge in [-0.1, -0.05) is 37.7 Å². The third kappa shape index (κ3) is 3.69. The van der Waals surface area contributed by atoms with Gasteiger partial charge in [-0.3, -0.25) is 20.1 Å². The van der Waals surface area contributed by atoms with Crippen LogP contribution in [0.1, 0.15) is 42.0 Å². The lowest BCUT2D eigenvalue weighted by atomic mass is 10.1. The van der Waals surface area contributed by atoms with Gasteiger partial charge in [0, 0.05) is 12.3 Å². The summed E-state index contributed by atoms with van der Waals surface area (Å²) in [6.45, 7) is 4.10. The summed E-state index contributed by atoms with van der Waals surface area (Å²) < 4.78 is 0. The smallest absolute Gasteiger partial charge is 0.278 e. The molecule has 1 unspecified atom stereocenters. The number of nitrogens with two attached hydrogens (primary N) is 1. The van der Waals surface area contributed by atoms with Gasteiger partial charge in [-0.05, 0) is 18.1 Å². The highest BCUT2D eigenvalue weighted by Crippen LogP contribution is 2.38. The Balaban J connectivity index is 1.99. The zero-order chi connectivity index (χ0) is 18.0. The van der Waals surface area contributed by atoms with Crippen molar-refractivity contribution in [1.29, 1.82) is 0 Å². The van der Waals surface area contributed by atoms with Crippen molar-refractivity contribution in [1.82, 2.24) is 9.97 Å². The second-order valence-electron chi connectivity index (χ2n) is 5.84. The lowest BCUT2D eigenvalue weighted by Gasteiger charge is -2.18. The van der Waals surface area contributed by atoms with Crippen LogP contribution >= 0.6 is 11.8 Å². The molecule has 2 heterocycles. The molecule has 1 aliphatic heterocycles. The molecule has 1 aliphatic rings. The fraction of sp³-hybridized carbons (Fsp3) is 0.235. The molecule has 8 heteroatoms. The van der Waals surface area contributed by atoms with Crippen molar-refractivity contribution in [2.24, 2.45) is 10.7 Å². The van der Waals surface area contributed by atoms with E-state index in [1.54, 1.807) is 30.6 Å². The predicted octanol–water partition coefficient (Wildman–Crippen LogP) is 3.65. The number of aromatic nitrogens is 2. The van der Waals surface area contributed by atoms with E-state index < -0.39 is 4.92 Å². The van der Waals surface area contributed by atoms with E-state index >= 15 is 0 Å². The van der Waals surface area contributed by atoms with Gasteiger partial charge in [0.05, 0.1) is 39.0 Å². The van der Waals surface area contributed by atoms with Crippen LogP contribution in [0, 0.1) is 10.1 Å². The highest BCUT2D eigenvalue weighted by atomic mass is 32.2. The summed E-state index contributed by atoms with van der Waals surface area (Å²) in [5.74, 6) is 0.297. The van der Waals surface area contributed by atoms with E-state index in [1.807, 2.05) is 6.08 Å². The molecule has 0 amide bonds. The SMILES string of the molecule is CC(C)c1cnc(C2C=C(c3ccccc3[N+](=O)[O-])N=C(N)S2)cn1. The van der Waals surface area contributed by atoms with Gasteiger partial charge >= 0.3 is 0 Å². The largest absolute Gasteiger partial charge is 0.378 e. The van der Waals surface area contributed by atoms with Crippen molar-refractivity contribution in [3.8, 4) is 0 Å². The molecule has 2 aromatic rings. The molecular formula is C17H17N5O2S. The summed E-state index contributed by atoms with van der Waals surface area (Å²) in [5, 5.41) is 11.4. The second-order valence-corrected chi connectivity index (χ2v) is 7.00. The minimum Gasteiger partial charge on any atom is -0.378 e. The van der Waals surface area contributed by atoms with Gasteiger partial charge in [0.1, 0.15) is 0 Å². The number of hydrogen-bond acceptors (Lipinski definition) is 7. The number of amidine groups is 1. The molecule has 0 aliphatic carbocycles. The first-order valence-electron chi connectivity index (χ1n) is 7.74.